The monoisotopic (exact) mass is 536 g/mol. The summed E-state index contributed by atoms with van der Waals surface area (Å²) in [5.41, 5.74) is 1.47. The number of cyclic esters (lactones) is 1. The topological polar surface area (TPSA) is 108 Å². The first kappa shape index (κ1) is 28.2. The SMILES string of the molecule is COc1ccc(C2CC(=O)Oc3cc4c(c(O)c32)C(=O)O[C@@H](C)CCCC(=O)CCC/C=C/4)cc1OC(C)C. The molecule has 0 saturated heterocycles. The van der Waals surface area contributed by atoms with Gasteiger partial charge in [0.15, 0.2) is 11.5 Å². The molecule has 0 spiro atoms. The average Bonchev–Trinajstić information content (AvgIpc) is 2.87. The molecule has 208 valence electrons. The smallest absolute Gasteiger partial charge is 0.342 e. The Morgan fingerprint density at radius 1 is 1.05 bits per heavy atom. The van der Waals surface area contributed by atoms with Gasteiger partial charge in [-0.25, -0.2) is 4.79 Å². The number of phenolic OH excluding ortho intramolecular Hbond substituents is 1. The second-order valence-electron chi connectivity index (χ2n) is 10.4. The normalized spacial score (nSPS) is 21.2. The molecule has 0 aromatic heterocycles. The molecule has 0 aliphatic carbocycles. The molecule has 2 aromatic rings. The lowest BCUT2D eigenvalue weighted by Gasteiger charge is -2.28. The zero-order valence-corrected chi connectivity index (χ0v) is 23.0. The Labute approximate surface area is 228 Å². The maximum Gasteiger partial charge on any atom is 0.342 e. The van der Waals surface area contributed by atoms with E-state index in [0.717, 1.165) is 0 Å². The van der Waals surface area contributed by atoms with Gasteiger partial charge in [-0.05, 0) is 75.8 Å². The predicted molar refractivity (Wildman–Crippen MR) is 146 cm³/mol. The highest BCUT2D eigenvalue weighted by Gasteiger charge is 2.36. The van der Waals surface area contributed by atoms with Crippen LogP contribution in [0, 0.1) is 0 Å². The number of ether oxygens (including phenoxy) is 4. The number of carbonyl (C=O) groups excluding carboxylic acids is 3. The maximum atomic E-state index is 13.4. The summed E-state index contributed by atoms with van der Waals surface area (Å²) in [6, 6.07) is 6.96. The van der Waals surface area contributed by atoms with Crippen molar-refractivity contribution in [1.82, 2.24) is 0 Å². The summed E-state index contributed by atoms with van der Waals surface area (Å²) in [7, 11) is 1.55. The zero-order valence-electron chi connectivity index (χ0n) is 23.0. The lowest BCUT2D eigenvalue weighted by atomic mass is 9.83. The molecular weight excluding hydrogens is 500 g/mol. The molecule has 1 N–H and O–H groups in total. The highest BCUT2D eigenvalue weighted by molar-refractivity contribution is 5.98. The number of fused-ring (bicyclic) bond motifs is 2. The first-order valence-electron chi connectivity index (χ1n) is 13.5. The second-order valence-corrected chi connectivity index (χ2v) is 10.4. The lowest BCUT2D eigenvalue weighted by molar-refractivity contribution is -0.135. The first-order valence-corrected chi connectivity index (χ1v) is 13.5. The summed E-state index contributed by atoms with van der Waals surface area (Å²) in [4.78, 5) is 38.2. The van der Waals surface area contributed by atoms with E-state index in [-0.39, 0.29) is 35.4 Å². The Bertz CT molecular complexity index is 1280. The van der Waals surface area contributed by atoms with Crippen molar-refractivity contribution in [2.45, 2.75) is 83.8 Å². The van der Waals surface area contributed by atoms with E-state index in [4.69, 9.17) is 18.9 Å². The van der Waals surface area contributed by atoms with Crippen LogP contribution in [-0.2, 0) is 14.3 Å². The molecule has 0 fully saturated rings. The molecular formula is C31H36O8. The molecule has 8 heteroatoms. The number of aromatic hydroxyl groups is 1. The quantitative estimate of drug-likeness (QED) is 0.368. The second kappa shape index (κ2) is 12.4. The Balaban J connectivity index is 1.82. The van der Waals surface area contributed by atoms with Gasteiger partial charge in [0.2, 0.25) is 0 Å². The number of esters is 2. The molecule has 2 atom stereocenters. The number of methoxy groups -OCH3 is 1. The maximum absolute atomic E-state index is 13.4. The van der Waals surface area contributed by atoms with Crippen LogP contribution >= 0.6 is 0 Å². The summed E-state index contributed by atoms with van der Waals surface area (Å²) in [6.45, 7) is 5.58. The third kappa shape index (κ3) is 6.61. The van der Waals surface area contributed by atoms with Gasteiger partial charge in [0, 0.05) is 24.3 Å². The van der Waals surface area contributed by atoms with Crippen LogP contribution in [0.3, 0.4) is 0 Å². The number of hydrogen-bond acceptors (Lipinski definition) is 8. The highest BCUT2D eigenvalue weighted by Crippen LogP contribution is 2.48. The van der Waals surface area contributed by atoms with Gasteiger partial charge in [-0.15, -0.1) is 0 Å². The Morgan fingerprint density at radius 2 is 1.82 bits per heavy atom. The Morgan fingerprint density at radius 3 is 2.56 bits per heavy atom. The van der Waals surface area contributed by atoms with Gasteiger partial charge < -0.3 is 24.1 Å². The Hall–Kier alpha value is -3.81. The van der Waals surface area contributed by atoms with Crippen molar-refractivity contribution in [3.05, 3.63) is 52.6 Å². The van der Waals surface area contributed by atoms with Crippen LogP contribution in [-0.4, -0.2) is 42.1 Å². The van der Waals surface area contributed by atoms with Crippen LogP contribution in [0.4, 0.5) is 0 Å². The molecule has 39 heavy (non-hydrogen) atoms. The molecule has 4 rings (SSSR count). The van der Waals surface area contributed by atoms with Crippen LogP contribution in [0.5, 0.6) is 23.0 Å². The summed E-state index contributed by atoms with van der Waals surface area (Å²) in [5, 5.41) is 11.6. The van der Waals surface area contributed by atoms with Crippen molar-refractivity contribution in [1.29, 1.82) is 0 Å². The van der Waals surface area contributed by atoms with Crippen LogP contribution in [0.15, 0.2) is 30.3 Å². The van der Waals surface area contributed by atoms with Crippen LogP contribution < -0.4 is 14.2 Å². The molecule has 2 aliphatic rings. The fourth-order valence-electron chi connectivity index (χ4n) is 5.06. The van der Waals surface area contributed by atoms with Crippen LogP contribution in [0.1, 0.15) is 98.7 Å². The predicted octanol–water partition coefficient (Wildman–Crippen LogP) is 6.11. The minimum atomic E-state index is -0.667. The largest absolute Gasteiger partial charge is 0.507 e. The molecule has 0 saturated carbocycles. The molecule has 0 bridgehead atoms. The third-order valence-corrected chi connectivity index (χ3v) is 6.93. The fraction of sp³-hybridized carbons (Fsp3) is 0.452. The van der Waals surface area contributed by atoms with Crippen LogP contribution in [0.25, 0.3) is 6.08 Å². The molecule has 0 radical (unpaired) electrons. The van der Waals surface area contributed by atoms with E-state index in [1.54, 1.807) is 38.3 Å². The van der Waals surface area contributed by atoms with E-state index < -0.39 is 24.0 Å². The van der Waals surface area contributed by atoms with Gasteiger partial charge in [-0.2, -0.15) is 0 Å². The van der Waals surface area contributed by atoms with Gasteiger partial charge in [-0.3, -0.25) is 9.59 Å². The number of hydrogen-bond donors (Lipinski definition) is 1. The van der Waals surface area contributed by atoms with Crippen LogP contribution in [0.2, 0.25) is 0 Å². The fourth-order valence-corrected chi connectivity index (χ4v) is 5.06. The molecule has 8 nitrogen and oxygen atoms in total. The van der Waals surface area contributed by atoms with E-state index in [1.165, 1.54) is 0 Å². The summed E-state index contributed by atoms with van der Waals surface area (Å²) >= 11 is 0. The molecule has 2 aliphatic heterocycles. The van der Waals surface area contributed by atoms with E-state index in [1.807, 2.05) is 26.0 Å². The van der Waals surface area contributed by atoms with E-state index in [0.29, 0.717) is 66.7 Å². The van der Waals surface area contributed by atoms with Gasteiger partial charge in [0.1, 0.15) is 22.8 Å². The van der Waals surface area contributed by atoms with Gasteiger partial charge in [0.05, 0.1) is 25.7 Å². The van der Waals surface area contributed by atoms with E-state index in [9.17, 15) is 19.5 Å². The van der Waals surface area contributed by atoms with Gasteiger partial charge in [-0.1, -0.05) is 18.2 Å². The minimum Gasteiger partial charge on any atom is -0.507 e. The summed E-state index contributed by atoms with van der Waals surface area (Å²) in [6.07, 6.45) is 6.41. The number of ketones is 1. The Kier molecular flexibility index (Phi) is 8.94. The number of allylic oxidation sites excluding steroid dienone is 1. The number of Topliss-reactive ketones (excluding diaryl/α,β-unsaturated/α-hetero) is 1. The number of benzene rings is 2. The summed E-state index contributed by atoms with van der Waals surface area (Å²) < 4.78 is 22.6. The molecule has 2 heterocycles. The molecule has 2 aromatic carbocycles. The van der Waals surface area contributed by atoms with E-state index in [2.05, 4.69) is 0 Å². The molecule has 0 amide bonds. The standard InChI is InChI=1S/C31H36O8/c1-18(2)37-25-15-20(13-14-24(25)36-4)23-17-27(33)39-26-16-21-10-6-5-7-11-22(32)12-8-9-19(3)38-31(35)28(21)30(34)29(23)26/h6,10,13-16,18-19,23,34H,5,7-9,11-12,17H2,1-4H3/b10-6+/t19-,23?/m0/s1. The van der Waals surface area contributed by atoms with Crippen molar-refractivity contribution in [2.24, 2.45) is 0 Å². The summed E-state index contributed by atoms with van der Waals surface area (Å²) in [5.74, 6) is -0.525. The highest BCUT2D eigenvalue weighted by atomic mass is 16.5. The van der Waals surface area contributed by atoms with Gasteiger partial charge in [0.25, 0.3) is 0 Å². The molecule has 1 unspecified atom stereocenters. The minimum absolute atomic E-state index is 0.0257. The zero-order chi connectivity index (χ0) is 28.1. The first-order chi connectivity index (χ1) is 18.7. The van der Waals surface area contributed by atoms with Gasteiger partial charge >= 0.3 is 11.9 Å². The van der Waals surface area contributed by atoms with Crippen molar-refractivity contribution < 1.29 is 38.4 Å². The number of carbonyl (C=O) groups is 3. The number of rotatable bonds is 4. The van der Waals surface area contributed by atoms with Crippen molar-refractivity contribution >= 4 is 23.8 Å². The lowest BCUT2D eigenvalue weighted by Crippen LogP contribution is -2.23. The van der Waals surface area contributed by atoms with E-state index >= 15 is 0 Å². The van der Waals surface area contributed by atoms with Crippen molar-refractivity contribution in [3.8, 4) is 23.0 Å². The van der Waals surface area contributed by atoms with Crippen molar-refractivity contribution in [3.63, 3.8) is 0 Å². The average molecular weight is 537 g/mol. The number of phenols is 1. The van der Waals surface area contributed by atoms with Crippen molar-refractivity contribution in [2.75, 3.05) is 7.11 Å². The third-order valence-electron chi connectivity index (χ3n) is 6.93.